The van der Waals surface area contributed by atoms with E-state index in [2.05, 4.69) is 69.8 Å². The zero-order valence-corrected chi connectivity index (χ0v) is 24.7. The van der Waals surface area contributed by atoms with Crippen LogP contribution < -0.4 is 14.5 Å². The summed E-state index contributed by atoms with van der Waals surface area (Å²) in [5, 5.41) is 12.0. The quantitative estimate of drug-likeness (QED) is 0.366. The number of carbonyl (C=O) groups excluding carboxylic acids is 1. The van der Waals surface area contributed by atoms with E-state index in [4.69, 9.17) is 14.7 Å². The van der Waals surface area contributed by atoms with Crippen molar-refractivity contribution in [3.05, 3.63) is 66.4 Å². The van der Waals surface area contributed by atoms with E-state index in [9.17, 15) is 10.1 Å². The molecule has 0 unspecified atom stereocenters. The van der Waals surface area contributed by atoms with Gasteiger partial charge in [0.05, 0.1) is 30.8 Å². The van der Waals surface area contributed by atoms with Crippen LogP contribution in [0.4, 0.5) is 11.5 Å². The molecule has 0 bridgehead atoms. The van der Waals surface area contributed by atoms with Crippen molar-refractivity contribution in [2.45, 2.75) is 63.2 Å². The molecule has 7 rings (SSSR count). The highest BCUT2D eigenvalue weighted by Gasteiger charge is 2.38. The first kappa shape index (κ1) is 27.7. The molecule has 2 aromatic carbocycles. The van der Waals surface area contributed by atoms with Crippen LogP contribution in [0, 0.1) is 11.3 Å². The summed E-state index contributed by atoms with van der Waals surface area (Å²) in [6.45, 7) is 8.64. The molecule has 3 aromatic rings. The summed E-state index contributed by atoms with van der Waals surface area (Å²) >= 11 is 0. The molecule has 1 saturated carbocycles. The summed E-state index contributed by atoms with van der Waals surface area (Å²) < 4.78 is 6.42. The lowest BCUT2D eigenvalue weighted by Crippen LogP contribution is -2.55. The van der Waals surface area contributed by atoms with Crippen molar-refractivity contribution in [1.82, 2.24) is 19.8 Å². The van der Waals surface area contributed by atoms with Crippen LogP contribution in [0.5, 0.6) is 6.01 Å². The number of anilines is 2. The Kier molecular flexibility index (Phi) is 7.62. The largest absolute Gasteiger partial charge is 0.462 e. The number of piperazine rings is 1. The van der Waals surface area contributed by atoms with Crippen LogP contribution in [0.2, 0.25) is 0 Å². The molecule has 1 aromatic heterocycles. The van der Waals surface area contributed by atoms with Crippen molar-refractivity contribution in [3.63, 3.8) is 0 Å². The number of rotatable bonds is 8. The summed E-state index contributed by atoms with van der Waals surface area (Å²) in [5.41, 5.74) is 3.35. The Balaban J connectivity index is 1.20. The zero-order valence-electron chi connectivity index (χ0n) is 24.7. The molecule has 0 radical (unpaired) electrons. The minimum Gasteiger partial charge on any atom is -0.462 e. The second kappa shape index (κ2) is 11.8. The third-order valence-electron chi connectivity index (χ3n) is 9.54. The van der Waals surface area contributed by atoms with E-state index in [-0.39, 0.29) is 18.4 Å². The molecular weight excluding hydrogens is 538 g/mol. The lowest BCUT2D eigenvalue weighted by atomic mass is 10.0. The van der Waals surface area contributed by atoms with Crippen molar-refractivity contribution >= 4 is 28.2 Å². The number of hydrogen-bond acceptors (Lipinski definition) is 8. The van der Waals surface area contributed by atoms with Crippen LogP contribution in [-0.2, 0) is 17.8 Å². The standard InChI is InChI=1S/C34H39N7O2/c1-2-32(42)41-20-19-39(21-26(41)14-16-35)33-29-15-18-38(31-11-5-8-24-7-3-4-10-28(24)31)22-30(29)36-34(37-33)43-23-27-9-6-17-40(27)25-12-13-25/h2-5,7-8,10-11,25-27H,1,6,9,12-15,17-23H2/t26-,27-/m0/s1. The highest BCUT2D eigenvalue weighted by molar-refractivity contribution is 5.94. The van der Waals surface area contributed by atoms with Gasteiger partial charge in [-0.25, -0.2) is 0 Å². The second-order valence-electron chi connectivity index (χ2n) is 12.2. The van der Waals surface area contributed by atoms with E-state index < -0.39 is 0 Å². The van der Waals surface area contributed by atoms with Crippen LogP contribution in [0.15, 0.2) is 55.1 Å². The van der Waals surface area contributed by atoms with Crippen LogP contribution in [0.25, 0.3) is 10.8 Å². The normalized spacial score (nSPS) is 22.3. The third kappa shape index (κ3) is 5.52. The van der Waals surface area contributed by atoms with E-state index in [1.165, 1.54) is 41.8 Å². The van der Waals surface area contributed by atoms with Gasteiger partial charge in [0.25, 0.3) is 0 Å². The number of benzene rings is 2. The second-order valence-corrected chi connectivity index (χ2v) is 12.2. The van der Waals surface area contributed by atoms with Gasteiger partial charge in [0.15, 0.2) is 0 Å². The van der Waals surface area contributed by atoms with Gasteiger partial charge < -0.3 is 19.4 Å². The molecule has 9 heteroatoms. The average molecular weight is 578 g/mol. The van der Waals surface area contributed by atoms with Crippen LogP contribution in [0.3, 0.4) is 0 Å². The zero-order chi connectivity index (χ0) is 29.3. The minimum absolute atomic E-state index is 0.129. The van der Waals surface area contributed by atoms with E-state index in [0.29, 0.717) is 44.8 Å². The highest BCUT2D eigenvalue weighted by atomic mass is 16.5. The van der Waals surface area contributed by atoms with Gasteiger partial charge in [-0.05, 0) is 56.2 Å². The van der Waals surface area contributed by atoms with Gasteiger partial charge in [-0.1, -0.05) is 43.0 Å². The number of nitrogens with zero attached hydrogens (tertiary/aromatic N) is 7. The molecule has 4 aliphatic rings. The van der Waals surface area contributed by atoms with Crippen molar-refractivity contribution in [3.8, 4) is 12.1 Å². The van der Waals surface area contributed by atoms with Crippen LogP contribution in [0.1, 0.15) is 43.4 Å². The molecule has 3 fully saturated rings. The maximum absolute atomic E-state index is 12.6. The molecule has 1 amide bonds. The predicted octanol–water partition coefficient (Wildman–Crippen LogP) is 4.31. The van der Waals surface area contributed by atoms with Crippen LogP contribution >= 0.6 is 0 Å². The minimum atomic E-state index is -0.222. The van der Waals surface area contributed by atoms with Gasteiger partial charge in [0.2, 0.25) is 5.91 Å². The summed E-state index contributed by atoms with van der Waals surface area (Å²) in [5.74, 6) is 0.757. The fourth-order valence-electron chi connectivity index (χ4n) is 7.23. The first-order chi connectivity index (χ1) is 21.1. The van der Waals surface area contributed by atoms with Crippen LogP contribution in [-0.4, -0.2) is 83.1 Å². The van der Waals surface area contributed by atoms with E-state index in [0.717, 1.165) is 49.0 Å². The Bertz CT molecular complexity index is 1560. The Hall–Kier alpha value is -4.16. The van der Waals surface area contributed by atoms with Crippen molar-refractivity contribution in [1.29, 1.82) is 5.26 Å². The Labute approximate surface area is 253 Å². The Morgan fingerprint density at radius 3 is 2.72 bits per heavy atom. The predicted molar refractivity (Wildman–Crippen MR) is 167 cm³/mol. The fourth-order valence-corrected chi connectivity index (χ4v) is 7.23. The summed E-state index contributed by atoms with van der Waals surface area (Å²) in [6.07, 6.45) is 7.37. The van der Waals surface area contributed by atoms with Crippen molar-refractivity contribution < 1.29 is 9.53 Å². The lowest BCUT2D eigenvalue weighted by molar-refractivity contribution is -0.128. The average Bonchev–Trinajstić information content (AvgIpc) is 3.79. The first-order valence-electron chi connectivity index (χ1n) is 15.7. The number of ether oxygens (including phenoxy) is 1. The molecule has 4 heterocycles. The van der Waals surface area contributed by atoms with Gasteiger partial charge in [-0.3, -0.25) is 9.69 Å². The highest BCUT2D eigenvalue weighted by Crippen LogP contribution is 2.36. The molecule has 1 aliphatic carbocycles. The number of fused-ring (bicyclic) bond motifs is 2. The number of amides is 1. The summed E-state index contributed by atoms with van der Waals surface area (Å²) in [6, 6.07) is 18.6. The monoisotopic (exact) mass is 577 g/mol. The summed E-state index contributed by atoms with van der Waals surface area (Å²) in [4.78, 5) is 31.7. The van der Waals surface area contributed by atoms with Gasteiger partial charge in [-0.2, -0.15) is 15.2 Å². The fraction of sp³-hybridized carbons (Fsp3) is 0.471. The van der Waals surface area contributed by atoms with E-state index in [1.807, 2.05) is 0 Å². The first-order valence-corrected chi connectivity index (χ1v) is 15.7. The van der Waals surface area contributed by atoms with Crippen molar-refractivity contribution in [2.75, 3.05) is 49.1 Å². The van der Waals surface area contributed by atoms with Gasteiger partial charge >= 0.3 is 6.01 Å². The van der Waals surface area contributed by atoms with Gasteiger partial charge in [0.1, 0.15) is 12.4 Å². The number of carbonyl (C=O) groups is 1. The molecular formula is C34H39N7O2. The molecule has 0 spiro atoms. The number of aromatic nitrogens is 2. The molecule has 222 valence electrons. The molecule has 2 saturated heterocycles. The maximum atomic E-state index is 12.6. The maximum Gasteiger partial charge on any atom is 0.318 e. The number of hydrogen-bond donors (Lipinski definition) is 0. The summed E-state index contributed by atoms with van der Waals surface area (Å²) in [7, 11) is 0. The smallest absolute Gasteiger partial charge is 0.318 e. The molecule has 2 atom stereocenters. The molecule has 0 N–H and O–H groups in total. The van der Waals surface area contributed by atoms with Gasteiger partial charge in [0, 0.05) is 54.9 Å². The Morgan fingerprint density at radius 2 is 1.88 bits per heavy atom. The molecule has 43 heavy (non-hydrogen) atoms. The van der Waals surface area contributed by atoms with Gasteiger partial charge in [-0.15, -0.1) is 0 Å². The van der Waals surface area contributed by atoms with E-state index >= 15 is 0 Å². The lowest BCUT2D eigenvalue weighted by Gasteiger charge is -2.42. The molecule has 9 nitrogen and oxygen atoms in total. The third-order valence-corrected chi connectivity index (χ3v) is 9.54. The van der Waals surface area contributed by atoms with Crippen molar-refractivity contribution in [2.24, 2.45) is 0 Å². The Morgan fingerprint density at radius 1 is 1.02 bits per heavy atom. The topological polar surface area (TPSA) is 88.8 Å². The van der Waals surface area contributed by atoms with E-state index in [1.54, 1.807) is 4.90 Å². The number of nitriles is 1. The SMILES string of the molecule is C=CC(=O)N1CCN(c2nc(OC[C@@H]3CCCN3C3CC3)nc3c2CCN(c2cccc4ccccc24)C3)C[C@@H]1CC#N. The number of likely N-dealkylation sites (tertiary alicyclic amines) is 1. The molecule has 3 aliphatic heterocycles.